The van der Waals surface area contributed by atoms with Gasteiger partial charge >= 0.3 is 0 Å². The van der Waals surface area contributed by atoms with Gasteiger partial charge in [-0.05, 0) is 37.2 Å². The molecule has 0 radical (unpaired) electrons. The van der Waals surface area contributed by atoms with Crippen LogP contribution < -0.4 is 10.6 Å². The van der Waals surface area contributed by atoms with Crippen LogP contribution in [0.4, 0.5) is 4.39 Å². The van der Waals surface area contributed by atoms with E-state index in [1.54, 1.807) is 13.1 Å². The molecule has 0 bridgehead atoms. The Hall–Kier alpha value is -1.59. The van der Waals surface area contributed by atoms with Crippen molar-refractivity contribution in [3.63, 3.8) is 0 Å². The summed E-state index contributed by atoms with van der Waals surface area (Å²) in [5.74, 6) is -0.276. The van der Waals surface area contributed by atoms with Crippen molar-refractivity contribution in [3.8, 4) is 0 Å². The first-order chi connectivity index (χ1) is 8.70. The van der Waals surface area contributed by atoms with E-state index in [4.69, 9.17) is 0 Å². The van der Waals surface area contributed by atoms with Crippen LogP contribution in [0.2, 0.25) is 0 Å². The first kappa shape index (κ1) is 15.5. The van der Waals surface area contributed by atoms with Gasteiger partial charge in [-0.25, -0.2) is 4.39 Å². The van der Waals surface area contributed by atoms with E-state index in [-0.39, 0.29) is 24.1 Å². The van der Waals surface area contributed by atoms with E-state index in [2.05, 4.69) is 15.6 Å². The van der Waals surface area contributed by atoms with Crippen LogP contribution in [-0.4, -0.2) is 31.0 Å². The number of benzene rings is 1. The molecule has 0 fully saturated rings. The van der Waals surface area contributed by atoms with E-state index in [0.717, 1.165) is 22.9 Å². The minimum atomic E-state index is -0.252. The van der Waals surface area contributed by atoms with E-state index in [9.17, 15) is 9.18 Å². The number of hydrogen-bond donors (Lipinski definition) is 3. The van der Waals surface area contributed by atoms with E-state index < -0.39 is 0 Å². The van der Waals surface area contributed by atoms with Gasteiger partial charge in [0.1, 0.15) is 5.82 Å². The number of amides is 1. The summed E-state index contributed by atoms with van der Waals surface area (Å²) in [5.41, 5.74) is 1.86. The van der Waals surface area contributed by atoms with Crippen LogP contribution >= 0.6 is 12.4 Å². The molecule has 1 aromatic heterocycles. The first-order valence-electron chi connectivity index (χ1n) is 5.87. The predicted molar refractivity (Wildman–Crippen MR) is 76.1 cm³/mol. The number of likely N-dealkylation sites (N-methyl/N-ethyl adjacent to an activating group) is 1. The van der Waals surface area contributed by atoms with Crippen molar-refractivity contribution in [2.75, 3.05) is 20.1 Å². The van der Waals surface area contributed by atoms with Crippen molar-refractivity contribution in [2.24, 2.45) is 0 Å². The number of nitrogens with one attached hydrogen (secondary N) is 3. The number of aromatic amines is 1. The Morgan fingerprint density at radius 3 is 2.95 bits per heavy atom. The van der Waals surface area contributed by atoms with Gasteiger partial charge in [-0.2, -0.15) is 0 Å². The summed E-state index contributed by atoms with van der Waals surface area (Å²) in [6.45, 7) is 0.893. The van der Waals surface area contributed by atoms with Gasteiger partial charge < -0.3 is 15.6 Å². The number of halogens is 2. The average molecular weight is 286 g/mol. The second kappa shape index (κ2) is 7.11. The van der Waals surface area contributed by atoms with Crippen molar-refractivity contribution in [1.29, 1.82) is 0 Å². The summed E-state index contributed by atoms with van der Waals surface area (Å²) in [6, 6.07) is 4.67. The molecule has 0 aliphatic rings. The molecular formula is C13H17ClFN3O. The van der Waals surface area contributed by atoms with Crippen molar-refractivity contribution < 1.29 is 9.18 Å². The molecular weight excluding hydrogens is 269 g/mol. The molecule has 0 aliphatic heterocycles. The van der Waals surface area contributed by atoms with Gasteiger partial charge in [-0.1, -0.05) is 0 Å². The largest absolute Gasteiger partial charge is 0.361 e. The maximum absolute atomic E-state index is 13.0. The lowest BCUT2D eigenvalue weighted by molar-refractivity contribution is -0.120. The van der Waals surface area contributed by atoms with Gasteiger partial charge in [0.15, 0.2) is 0 Å². The number of aromatic nitrogens is 1. The van der Waals surface area contributed by atoms with Crippen LogP contribution in [0.3, 0.4) is 0 Å². The molecule has 2 rings (SSSR count). The van der Waals surface area contributed by atoms with E-state index in [0.29, 0.717) is 13.1 Å². The molecule has 1 heterocycles. The summed E-state index contributed by atoms with van der Waals surface area (Å²) in [6.07, 6.45) is 2.58. The minimum absolute atomic E-state index is 0. The number of carbonyl (C=O) groups excluding carboxylic acids is 1. The molecule has 1 amide bonds. The first-order valence-corrected chi connectivity index (χ1v) is 5.87. The lowest BCUT2D eigenvalue weighted by Gasteiger charge is -2.03. The van der Waals surface area contributed by atoms with Crippen molar-refractivity contribution >= 4 is 29.2 Å². The van der Waals surface area contributed by atoms with Crippen LogP contribution in [0.5, 0.6) is 0 Å². The van der Waals surface area contributed by atoms with Gasteiger partial charge in [0.2, 0.25) is 5.91 Å². The van der Waals surface area contributed by atoms with E-state index in [1.807, 2.05) is 6.20 Å². The molecule has 0 atom stereocenters. The second-order valence-electron chi connectivity index (χ2n) is 4.13. The molecule has 4 nitrogen and oxygen atoms in total. The lowest BCUT2D eigenvalue weighted by atomic mass is 10.1. The molecule has 104 valence electrons. The van der Waals surface area contributed by atoms with Crippen LogP contribution in [-0.2, 0) is 11.2 Å². The normalized spacial score (nSPS) is 10.2. The van der Waals surface area contributed by atoms with Crippen LogP contribution in [0.15, 0.2) is 24.4 Å². The van der Waals surface area contributed by atoms with Crippen molar-refractivity contribution in [2.45, 2.75) is 6.42 Å². The molecule has 0 saturated heterocycles. The Bertz CT molecular complexity index is 556. The van der Waals surface area contributed by atoms with Crippen molar-refractivity contribution in [1.82, 2.24) is 15.6 Å². The third-order valence-electron chi connectivity index (χ3n) is 2.78. The second-order valence-corrected chi connectivity index (χ2v) is 4.13. The summed E-state index contributed by atoms with van der Waals surface area (Å²) >= 11 is 0. The fourth-order valence-electron chi connectivity index (χ4n) is 1.93. The SMILES string of the molecule is CNCC(=O)NCCc1c[nH]c2cc(F)ccc12.Cl. The molecule has 3 N–H and O–H groups in total. The summed E-state index contributed by atoms with van der Waals surface area (Å²) in [5, 5.41) is 6.59. The lowest BCUT2D eigenvalue weighted by Crippen LogP contribution is -2.33. The number of hydrogen-bond acceptors (Lipinski definition) is 2. The van der Waals surface area contributed by atoms with Crippen LogP contribution in [0.1, 0.15) is 5.56 Å². The zero-order valence-corrected chi connectivity index (χ0v) is 11.4. The monoisotopic (exact) mass is 285 g/mol. The predicted octanol–water partition coefficient (Wildman–Crippen LogP) is 1.61. The highest BCUT2D eigenvalue weighted by Crippen LogP contribution is 2.19. The molecule has 1 aromatic carbocycles. The zero-order chi connectivity index (χ0) is 13.0. The third kappa shape index (κ3) is 3.94. The zero-order valence-electron chi connectivity index (χ0n) is 10.6. The fourth-order valence-corrected chi connectivity index (χ4v) is 1.93. The van der Waals surface area contributed by atoms with Gasteiger partial charge in [0.05, 0.1) is 6.54 Å². The minimum Gasteiger partial charge on any atom is -0.361 e. The highest BCUT2D eigenvalue weighted by molar-refractivity contribution is 5.85. The highest BCUT2D eigenvalue weighted by Gasteiger charge is 2.05. The molecule has 2 aromatic rings. The number of rotatable bonds is 5. The quantitative estimate of drug-likeness (QED) is 0.782. The topological polar surface area (TPSA) is 56.9 Å². The molecule has 19 heavy (non-hydrogen) atoms. The number of H-pyrrole nitrogens is 1. The molecule has 0 spiro atoms. The fraction of sp³-hybridized carbons (Fsp3) is 0.308. The number of fused-ring (bicyclic) bond motifs is 1. The standard InChI is InChI=1S/C13H16FN3O.ClH/c1-15-8-13(18)16-5-4-9-7-17-12-6-10(14)2-3-11(9)12;/h2-3,6-7,15,17H,4-5,8H2,1H3,(H,16,18);1H. The Morgan fingerprint density at radius 1 is 1.42 bits per heavy atom. The van der Waals surface area contributed by atoms with Gasteiger partial charge in [-0.15, -0.1) is 12.4 Å². The number of carbonyl (C=O) groups is 1. The summed E-state index contributed by atoms with van der Waals surface area (Å²) in [4.78, 5) is 14.3. The molecule has 0 aliphatic carbocycles. The maximum Gasteiger partial charge on any atom is 0.233 e. The Kier molecular flexibility index (Phi) is 5.79. The Labute approximate surface area is 117 Å². The smallest absolute Gasteiger partial charge is 0.233 e. The van der Waals surface area contributed by atoms with E-state index in [1.165, 1.54) is 12.1 Å². The Morgan fingerprint density at radius 2 is 2.21 bits per heavy atom. The van der Waals surface area contributed by atoms with E-state index >= 15 is 0 Å². The molecule has 0 unspecified atom stereocenters. The third-order valence-corrected chi connectivity index (χ3v) is 2.78. The molecule has 6 heteroatoms. The van der Waals surface area contributed by atoms with Gasteiger partial charge in [0, 0.05) is 23.6 Å². The maximum atomic E-state index is 13.0. The van der Waals surface area contributed by atoms with Crippen LogP contribution in [0, 0.1) is 5.82 Å². The van der Waals surface area contributed by atoms with Gasteiger partial charge in [-0.3, -0.25) is 4.79 Å². The highest BCUT2D eigenvalue weighted by atomic mass is 35.5. The summed E-state index contributed by atoms with van der Waals surface area (Å²) in [7, 11) is 1.73. The average Bonchev–Trinajstić information content (AvgIpc) is 2.72. The Balaban J connectivity index is 0.00000180. The van der Waals surface area contributed by atoms with Crippen molar-refractivity contribution in [3.05, 3.63) is 35.8 Å². The van der Waals surface area contributed by atoms with Crippen LogP contribution in [0.25, 0.3) is 10.9 Å². The summed E-state index contributed by atoms with van der Waals surface area (Å²) < 4.78 is 13.0. The molecule has 0 saturated carbocycles. The van der Waals surface area contributed by atoms with Gasteiger partial charge in [0.25, 0.3) is 0 Å².